The SMILES string of the molecule is CCN(CC)C(=O)c1cccc(CN(c2ccc(-c3ccccc3)cc2)S(=O)O)c1. The lowest BCUT2D eigenvalue weighted by Gasteiger charge is -2.22. The van der Waals surface area contributed by atoms with Crippen molar-refractivity contribution in [2.75, 3.05) is 17.4 Å². The van der Waals surface area contributed by atoms with Crippen LogP contribution < -0.4 is 4.31 Å². The van der Waals surface area contributed by atoms with Gasteiger partial charge in [-0.25, -0.2) is 4.21 Å². The van der Waals surface area contributed by atoms with Crippen LogP contribution in [0.3, 0.4) is 0 Å². The average Bonchev–Trinajstić information content (AvgIpc) is 2.79. The number of nitrogens with zero attached hydrogens (tertiary/aromatic N) is 2. The Morgan fingerprint density at radius 1 is 0.867 bits per heavy atom. The summed E-state index contributed by atoms with van der Waals surface area (Å²) >= 11 is -2.20. The van der Waals surface area contributed by atoms with Gasteiger partial charge in [0.25, 0.3) is 17.2 Å². The third kappa shape index (κ3) is 5.14. The Balaban J connectivity index is 1.82. The van der Waals surface area contributed by atoms with E-state index in [0.717, 1.165) is 16.7 Å². The van der Waals surface area contributed by atoms with Crippen LogP contribution in [0, 0.1) is 0 Å². The van der Waals surface area contributed by atoms with Gasteiger partial charge in [0.2, 0.25) is 0 Å². The molecular formula is C24H26N2O3S. The molecule has 0 fully saturated rings. The molecule has 3 aromatic rings. The first kappa shape index (κ1) is 21.7. The van der Waals surface area contributed by atoms with E-state index in [1.807, 2.05) is 80.6 Å². The Labute approximate surface area is 180 Å². The fourth-order valence-electron chi connectivity index (χ4n) is 3.35. The zero-order chi connectivity index (χ0) is 21.5. The van der Waals surface area contributed by atoms with Gasteiger partial charge in [0.1, 0.15) is 0 Å². The monoisotopic (exact) mass is 422 g/mol. The highest BCUT2D eigenvalue weighted by molar-refractivity contribution is 7.80. The quantitative estimate of drug-likeness (QED) is 0.521. The number of carbonyl (C=O) groups excluding carboxylic acids is 1. The maximum Gasteiger partial charge on any atom is 0.262 e. The second-order valence-electron chi connectivity index (χ2n) is 6.86. The van der Waals surface area contributed by atoms with Crippen LogP contribution in [0.4, 0.5) is 5.69 Å². The van der Waals surface area contributed by atoms with Gasteiger partial charge >= 0.3 is 0 Å². The van der Waals surface area contributed by atoms with Gasteiger partial charge in [-0.15, -0.1) is 0 Å². The maximum atomic E-state index is 12.6. The van der Waals surface area contributed by atoms with Gasteiger partial charge in [-0.2, -0.15) is 0 Å². The summed E-state index contributed by atoms with van der Waals surface area (Å²) in [5, 5.41) is 0. The first-order valence-electron chi connectivity index (χ1n) is 9.95. The van der Waals surface area contributed by atoms with E-state index >= 15 is 0 Å². The van der Waals surface area contributed by atoms with Gasteiger partial charge in [0.05, 0.1) is 12.2 Å². The summed E-state index contributed by atoms with van der Waals surface area (Å²) in [5.41, 5.74) is 4.14. The van der Waals surface area contributed by atoms with Gasteiger partial charge in [0.15, 0.2) is 0 Å². The smallest absolute Gasteiger partial charge is 0.262 e. The molecule has 1 atom stereocenters. The topological polar surface area (TPSA) is 60.9 Å². The molecule has 0 aliphatic carbocycles. The first-order chi connectivity index (χ1) is 14.5. The predicted molar refractivity (Wildman–Crippen MR) is 123 cm³/mol. The van der Waals surface area contributed by atoms with Crippen LogP contribution in [-0.2, 0) is 17.8 Å². The first-order valence-corrected chi connectivity index (χ1v) is 11.0. The molecule has 0 radical (unpaired) electrons. The minimum Gasteiger partial charge on any atom is -0.339 e. The molecule has 156 valence electrons. The van der Waals surface area contributed by atoms with Crippen molar-refractivity contribution in [1.29, 1.82) is 0 Å². The summed E-state index contributed by atoms with van der Waals surface area (Å²) in [6, 6.07) is 24.7. The van der Waals surface area contributed by atoms with E-state index in [-0.39, 0.29) is 12.5 Å². The van der Waals surface area contributed by atoms with E-state index in [4.69, 9.17) is 0 Å². The van der Waals surface area contributed by atoms with Crippen LogP contribution in [0.1, 0.15) is 29.8 Å². The molecule has 1 N–H and O–H groups in total. The lowest BCUT2D eigenvalue weighted by Crippen LogP contribution is -2.30. The molecule has 0 heterocycles. The highest BCUT2D eigenvalue weighted by atomic mass is 32.2. The molecule has 0 saturated heterocycles. The number of hydrogen-bond donors (Lipinski definition) is 1. The Hall–Kier alpha value is -2.96. The van der Waals surface area contributed by atoms with Gasteiger partial charge in [-0.05, 0) is 54.8 Å². The van der Waals surface area contributed by atoms with Crippen molar-refractivity contribution in [2.45, 2.75) is 20.4 Å². The minimum atomic E-state index is -2.20. The largest absolute Gasteiger partial charge is 0.339 e. The molecule has 0 aliphatic rings. The van der Waals surface area contributed by atoms with Crippen LogP contribution >= 0.6 is 0 Å². The van der Waals surface area contributed by atoms with E-state index in [1.165, 1.54) is 4.31 Å². The average molecular weight is 423 g/mol. The summed E-state index contributed by atoms with van der Waals surface area (Å²) in [5.74, 6) is -0.0364. The third-order valence-electron chi connectivity index (χ3n) is 5.00. The van der Waals surface area contributed by atoms with Gasteiger partial charge in [-0.3, -0.25) is 13.7 Å². The maximum absolute atomic E-state index is 12.6. The van der Waals surface area contributed by atoms with Crippen LogP contribution in [0.15, 0.2) is 78.9 Å². The predicted octanol–water partition coefficient (Wildman–Crippen LogP) is 4.98. The molecule has 3 aromatic carbocycles. The van der Waals surface area contributed by atoms with Crippen LogP contribution in [0.25, 0.3) is 11.1 Å². The van der Waals surface area contributed by atoms with E-state index < -0.39 is 11.3 Å². The van der Waals surface area contributed by atoms with Crippen molar-refractivity contribution in [1.82, 2.24) is 4.90 Å². The van der Waals surface area contributed by atoms with Crippen molar-refractivity contribution >= 4 is 22.9 Å². The lowest BCUT2D eigenvalue weighted by molar-refractivity contribution is 0.0773. The summed E-state index contributed by atoms with van der Waals surface area (Å²) in [6.45, 7) is 5.38. The van der Waals surface area contributed by atoms with E-state index in [0.29, 0.717) is 24.3 Å². The normalized spacial score (nSPS) is 11.7. The standard InChI is InChI=1S/C24H26N2O3S/c1-3-25(4-2)24(27)22-12-8-9-19(17-22)18-26(30(28)29)23-15-13-21(14-16-23)20-10-6-5-7-11-20/h5-17H,3-4,18H2,1-2H3,(H,28,29). The molecule has 0 aromatic heterocycles. The number of hydrogen-bond acceptors (Lipinski definition) is 2. The number of amides is 1. The van der Waals surface area contributed by atoms with E-state index in [1.54, 1.807) is 17.0 Å². The summed E-state index contributed by atoms with van der Waals surface area (Å²) in [7, 11) is 0. The van der Waals surface area contributed by atoms with Crippen LogP contribution in [-0.4, -0.2) is 32.7 Å². The fraction of sp³-hybridized carbons (Fsp3) is 0.208. The number of rotatable bonds is 8. The molecule has 5 nitrogen and oxygen atoms in total. The highest BCUT2D eigenvalue weighted by Gasteiger charge is 2.16. The molecule has 0 bridgehead atoms. The molecule has 0 saturated carbocycles. The summed E-state index contributed by atoms with van der Waals surface area (Å²) in [6.07, 6.45) is 0. The second-order valence-corrected chi connectivity index (χ2v) is 7.76. The van der Waals surface area contributed by atoms with Crippen molar-refractivity contribution in [3.05, 3.63) is 90.0 Å². The number of benzene rings is 3. The van der Waals surface area contributed by atoms with E-state index in [9.17, 15) is 13.6 Å². The van der Waals surface area contributed by atoms with E-state index in [2.05, 4.69) is 0 Å². The molecule has 0 spiro atoms. The Kier molecular flexibility index (Phi) is 7.38. The van der Waals surface area contributed by atoms with Crippen molar-refractivity contribution < 1.29 is 13.6 Å². The van der Waals surface area contributed by atoms with Gasteiger partial charge in [-0.1, -0.05) is 54.6 Å². The third-order valence-corrected chi connectivity index (χ3v) is 5.72. The number of anilines is 1. The van der Waals surface area contributed by atoms with Crippen molar-refractivity contribution in [3.8, 4) is 11.1 Å². The Morgan fingerprint density at radius 2 is 1.50 bits per heavy atom. The summed E-state index contributed by atoms with van der Waals surface area (Å²) < 4.78 is 23.3. The zero-order valence-electron chi connectivity index (χ0n) is 17.2. The zero-order valence-corrected chi connectivity index (χ0v) is 18.0. The molecule has 30 heavy (non-hydrogen) atoms. The Bertz CT molecular complexity index is 1000. The molecular weight excluding hydrogens is 396 g/mol. The molecule has 1 unspecified atom stereocenters. The van der Waals surface area contributed by atoms with Crippen molar-refractivity contribution in [2.24, 2.45) is 0 Å². The Morgan fingerprint density at radius 3 is 2.10 bits per heavy atom. The fourth-order valence-corrected chi connectivity index (χ4v) is 3.91. The molecule has 0 aliphatic heterocycles. The van der Waals surface area contributed by atoms with Crippen molar-refractivity contribution in [3.63, 3.8) is 0 Å². The molecule has 3 rings (SSSR count). The highest BCUT2D eigenvalue weighted by Crippen LogP contribution is 2.25. The van der Waals surface area contributed by atoms with Gasteiger partial charge in [0, 0.05) is 18.7 Å². The van der Waals surface area contributed by atoms with Gasteiger partial charge < -0.3 is 4.90 Å². The minimum absolute atomic E-state index is 0.0364. The second kappa shape index (κ2) is 10.2. The molecule has 1 amide bonds. The lowest BCUT2D eigenvalue weighted by atomic mass is 10.1. The molecule has 6 heteroatoms. The number of carbonyl (C=O) groups is 1. The van der Waals surface area contributed by atoms with Crippen LogP contribution in [0.2, 0.25) is 0 Å². The summed E-state index contributed by atoms with van der Waals surface area (Å²) in [4.78, 5) is 14.4. The van der Waals surface area contributed by atoms with Crippen LogP contribution in [0.5, 0.6) is 0 Å².